The first-order chi connectivity index (χ1) is 15.7. The fraction of sp³-hybridized carbons (Fsp3) is 0.462. The third-order valence-electron chi connectivity index (χ3n) is 6.59. The molecule has 0 aromatic heterocycles. The monoisotopic (exact) mass is 448 g/mol. The second kappa shape index (κ2) is 11.4. The quantitative estimate of drug-likeness (QED) is 0.488. The predicted octanol–water partition coefficient (Wildman–Crippen LogP) is 4.30. The van der Waals surface area contributed by atoms with Crippen molar-refractivity contribution >= 4 is 23.4 Å². The number of benzene rings is 2. The van der Waals surface area contributed by atoms with Crippen LogP contribution in [0.5, 0.6) is 0 Å². The maximum atomic E-state index is 12.4. The number of thioether (sulfide) groups is 1. The minimum absolute atomic E-state index is 0.0399. The van der Waals surface area contributed by atoms with E-state index in [0.29, 0.717) is 5.92 Å². The zero-order chi connectivity index (χ0) is 22.2. The number of nitrogens with one attached hydrogen (secondary N) is 2. The number of anilines is 1. The van der Waals surface area contributed by atoms with Gasteiger partial charge in [-0.2, -0.15) is 5.26 Å². The van der Waals surface area contributed by atoms with E-state index in [1.165, 1.54) is 28.1 Å². The Morgan fingerprint density at radius 2 is 1.69 bits per heavy atom. The average Bonchev–Trinajstić information content (AvgIpc) is 2.87. The Kier molecular flexibility index (Phi) is 8.08. The molecule has 0 radical (unpaired) electrons. The van der Waals surface area contributed by atoms with E-state index in [2.05, 4.69) is 64.1 Å². The van der Waals surface area contributed by atoms with Gasteiger partial charge < -0.3 is 15.5 Å². The summed E-state index contributed by atoms with van der Waals surface area (Å²) < 4.78 is 0. The van der Waals surface area contributed by atoms with E-state index >= 15 is 0 Å². The van der Waals surface area contributed by atoms with Gasteiger partial charge in [0, 0.05) is 48.4 Å². The SMILES string of the molecule is N#CCNC(=O)[C@@H]1CCCC[C@H]1CSc1ccc(-c2ccc(N3CCNCC3)cc2)cc1. The minimum atomic E-state index is 0.0399. The van der Waals surface area contributed by atoms with Crippen LogP contribution in [0.1, 0.15) is 25.7 Å². The van der Waals surface area contributed by atoms with Gasteiger partial charge in [0.2, 0.25) is 5.91 Å². The average molecular weight is 449 g/mol. The molecule has 2 aliphatic rings. The number of nitriles is 1. The third-order valence-corrected chi connectivity index (χ3v) is 7.79. The number of rotatable bonds is 7. The Bertz CT molecular complexity index is 916. The van der Waals surface area contributed by atoms with Crippen molar-refractivity contribution in [2.45, 2.75) is 30.6 Å². The first-order valence-corrected chi connectivity index (χ1v) is 12.7. The summed E-state index contributed by atoms with van der Waals surface area (Å²) in [6.45, 7) is 4.33. The number of carbonyl (C=O) groups is 1. The first kappa shape index (κ1) is 22.7. The molecule has 1 aliphatic heterocycles. The Hall–Kier alpha value is -2.49. The van der Waals surface area contributed by atoms with Crippen molar-refractivity contribution in [1.82, 2.24) is 10.6 Å². The Morgan fingerprint density at radius 3 is 2.38 bits per heavy atom. The summed E-state index contributed by atoms with van der Waals surface area (Å²) in [5.41, 5.74) is 3.76. The van der Waals surface area contributed by atoms with E-state index in [1.54, 1.807) is 0 Å². The van der Waals surface area contributed by atoms with Crippen LogP contribution in [0.3, 0.4) is 0 Å². The molecule has 1 aliphatic carbocycles. The van der Waals surface area contributed by atoms with Crippen molar-refractivity contribution in [3.05, 3.63) is 48.5 Å². The van der Waals surface area contributed by atoms with Crippen LogP contribution in [0.25, 0.3) is 11.1 Å². The van der Waals surface area contributed by atoms with Crippen LogP contribution < -0.4 is 15.5 Å². The molecule has 4 rings (SSSR count). The van der Waals surface area contributed by atoms with Crippen LogP contribution in [0.2, 0.25) is 0 Å². The second-order valence-corrected chi connectivity index (χ2v) is 9.74. The van der Waals surface area contributed by atoms with Crippen molar-refractivity contribution in [1.29, 1.82) is 5.26 Å². The van der Waals surface area contributed by atoms with Crippen molar-refractivity contribution in [2.24, 2.45) is 11.8 Å². The molecule has 1 saturated carbocycles. The molecule has 168 valence electrons. The van der Waals surface area contributed by atoms with Crippen LogP contribution in [0, 0.1) is 23.2 Å². The van der Waals surface area contributed by atoms with Gasteiger partial charge in [0.1, 0.15) is 6.54 Å². The lowest BCUT2D eigenvalue weighted by Crippen LogP contribution is -2.43. The van der Waals surface area contributed by atoms with E-state index in [9.17, 15) is 4.79 Å². The molecule has 0 unspecified atom stereocenters. The van der Waals surface area contributed by atoms with E-state index in [-0.39, 0.29) is 18.4 Å². The molecular weight excluding hydrogens is 416 g/mol. The maximum Gasteiger partial charge on any atom is 0.224 e. The van der Waals surface area contributed by atoms with Gasteiger partial charge in [0.15, 0.2) is 0 Å². The molecule has 1 amide bonds. The van der Waals surface area contributed by atoms with E-state index in [0.717, 1.165) is 51.2 Å². The summed E-state index contributed by atoms with van der Waals surface area (Å²) >= 11 is 1.84. The predicted molar refractivity (Wildman–Crippen MR) is 132 cm³/mol. The zero-order valence-corrected chi connectivity index (χ0v) is 19.4. The van der Waals surface area contributed by atoms with Crippen molar-refractivity contribution in [3.8, 4) is 17.2 Å². The summed E-state index contributed by atoms with van der Waals surface area (Å²) in [6.07, 6.45) is 4.32. The summed E-state index contributed by atoms with van der Waals surface area (Å²) in [7, 11) is 0. The lowest BCUT2D eigenvalue weighted by atomic mass is 9.80. The first-order valence-electron chi connectivity index (χ1n) is 11.7. The lowest BCUT2D eigenvalue weighted by molar-refractivity contribution is -0.127. The fourth-order valence-corrected chi connectivity index (χ4v) is 5.88. The molecule has 0 bridgehead atoms. The highest BCUT2D eigenvalue weighted by Gasteiger charge is 2.30. The van der Waals surface area contributed by atoms with Gasteiger partial charge in [-0.15, -0.1) is 11.8 Å². The molecule has 2 aromatic carbocycles. The smallest absolute Gasteiger partial charge is 0.224 e. The van der Waals surface area contributed by atoms with Crippen molar-refractivity contribution in [2.75, 3.05) is 43.4 Å². The lowest BCUT2D eigenvalue weighted by Gasteiger charge is -2.30. The zero-order valence-electron chi connectivity index (χ0n) is 18.6. The van der Waals surface area contributed by atoms with Gasteiger partial charge in [0.05, 0.1) is 6.07 Å². The third kappa shape index (κ3) is 5.85. The molecule has 2 N–H and O–H groups in total. The Labute approximate surface area is 195 Å². The number of amides is 1. The number of hydrogen-bond acceptors (Lipinski definition) is 5. The molecular formula is C26H32N4OS. The standard InChI is InChI=1S/C26H32N4OS/c27-13-14-29-26(31)25-4-2-1-3-22(25)19-32-24-11-7-21(8-12-24)20-5-9-23(10-6-20)30-17-15-28-16-18-30/h5-12,22,25,28H,1-4,14-19H2,(H,29,31)/t22-,25+/m0/s1. The molecule has 0 spiro atoms. The Morgan fingerprint density at radius 1 is 1.03 bits per heavy atom. The van der Waals surface area contributed by atoms with Crippen LogP contribution in [0.15, 0.2) is 53.4 Å². The Balaban J connectivity index is 1.33. The molecule has 2 aromatic rings. The number of piperazine rings is 1. The van der Waals surface area contributed by atoms with Gasteiger partial charge in [-0.3, -0.25) is 4.79 Å². The second-order valence-electron chi connectivity index (χ2n) is 8.65. The van der Waals surface area contributed by atoms with Crippen LogP contribution in [0.4, 0.5) is 5.69 Å². The van der Waals surface area contributed by atoms with Gasteiger partial charge in [0.25, 0.3) is 0 Å². The van der Waals surface area contributed by atoms with Crippen LogP contribution in [-0.4, -0.2) is 44.4 Å². The largest absolute Gasteiger partial charge is 0.369 e. The summed E-state index contributed by atoms with van der Waals surface area (Å²) in [5.74, 6) is 1.42. The molecule has 2 fully saturated rings. The van der Waals surface area contributed by atoms with Gasteiger partial charge in [-0.1, -0.05) is 37.1 Å². The van der Waals surface area contributed by atoms with E-state index in [1.807, 2.05) is 17.8 Å². The fourth-order valence-electron chi connectivity index (χ4n) is 4.74. The summed E-state index contributed by atoms with van der Waals surface area (Å²) in [4.78, 5) is 16.1. The van der Waals surface area contributed by atoms with Crippen LogP contribution >= 0.6 is 11.8 Å². The van der Waals surface area contributed by atoms with Crippen LogP contribution in [-0.2, 0) is 4.79 Å². The topological polar surface area (TPSA) is 68.2 Å². The normalized spacial score (nSPS) is 21.0. The van der Waals surface area contributed by atoms with Gasteiger partial charge >= 0.3 is 0 Å². The number of nitrogens with zero attached hydrogens (tertiary/aromatic N) is 2. The molecule has 2 atom stereocenters. The van der Waals surface area contributed by atoms with Crippen molar-refractivity contribution in [3.63, 3.8) is 0 Å². The number of hydrogen-bond donors (Lipinski definition) is 2. The van der Waals surface area contributed by atoms with E-state index < -0.39 is 0 Å². The molecule has 1 heterocycles. The van der Waals surface area contributed by atoms with Gasteiger partial charge in [-0.05, 0) is 54.2 Å². The molecule has 1 saturated heterocycles. The summed E-state index contributed by atoms with van der Waals surface area (Å²) in [6, 6.07) is 19.7. The van der Waals surface area contributed by atoms with E-state index in [4.69, 9.17) is 5.26 Å². The minimum Gasteiger partial charge on any atom is -0.369 e. The van der Waals surface area contributed by atoms with Gasteiger partial charge in [-0.25, -0.2) is 0 Å². The molecule has 6 heteroatoms. The highest BCUT2D eigenvalue weighted by molar-refractivity contribution is 7.99. The molecule has 32 heavy (non-hydrogen) atoms. The molecule has 5 nitrogen and oxygen atoms in total. The highest BCUT2D eigenvalue weighted by Crippen LogP contribution is 2.35. The maximum absolute atomic E-state index is 12.4. The summed E-state index contributed by atoms with van der Waals surface area (Å²) in [5, 5.41) is 14.9. The van der Waals surface area contributed by atoms with Crippen molar-refractivity contribution < 1.29 is 4.79 Å². The highest BCUT2D eigenvalue weighted by atomic mass is 32.2. The number of carbonyl (C=O) groups excluding carboxylic acids is 1.